The van der Waals surface area contributed by atoms with Crippen molar-refractivity contribution in [2.75, 3.05) is 18.8 Å². The van der Waals surface area contributed by atoms with Crippen LogP contribution in [0.3, 0.4) is 0 Å². The number of amidine groups is 1. The van der Waals surface area contributed by atoms with Crippen LogP contribution in [-0.4, -0.2) is 41.5 Å². The molecule has 0 fully saturated rings. The van der Waals surface area contributed by atoms with Crippen LogP contribution in [0.1, 0.15) is 11.1 Å². The molecule has 0 saturated heterocycles. The Kier molecular flexibility index (Phi) is 6.77. The Hall–Kier alpha value is -3.08. The molecule has 1 unspecified atom stereocenters. The van der Waals surface area contributed by atoms with Gasteiger partial charge in [0.15, 0.2) is 11.8 Å². The predicted molar refractivity (Wildman–Crippen MR) is 124 cm³/mol. The van der Waals surface area contributed by atoms with Crippen LogP contribution in [-0.2, 0) is 21.0 Å². The molecule has 1 aromatic heterocycles. The molecule has 0 aliphatic heterocycles. The highest BCUT2D eigenvalue weighted by Gasteiger charge is 2.29. The number of H-pyrrole nitrogens is 1. The van der Waals surface area contributed by atoms with E-state index in [0.717, 1.165) is 5.56 Å². The van der Waals surface area contributed by atoms with E-state index in [1.165, 1.54) is 6.07 Å². The summed E-state index contributed by atoms with van der Waals surface area (Å²) < 4.78 is 40.7. The molecule has 0 bridgehead atoms. The van der Waals surface area contributed by atoms with E-state index in [1.807, 2.05) is 12.5 Å². The maximum absolute atomic E-state index is 12.8. The summed E-state index contributed by atoms with van der Waals surface area (Å²) in [6, 6.07) is 6.48. The van der Waals surface area contributed by atoms with Crippen molar-refractivity contribution in [1.29, 1.82) is 0 Å². The fourth-order valence-corrected chi connectivity index (χ4v) is 5.64. The maximum Gasteiger partial charge on any atom is 0.240 e. The molecule has 0 amide bonds. The average Bonchev–Trinajstić information content (AvgIpc) is 3.13. The number of nitrogens with one attached hydrogen (secondary N) is 3. The number of rotatable bonds is 8. The molecule has 0 aliphatic carbocycles. The zero-order chi connectivity index (χ0) is 23.6. The van der Waals surface area contributed by atoms with Crippen LogP contribution >= 0.6 is 0 Å². The minimum atomic E-state index is -4.43. The second-order valence-electron chi connectivity index (χ2n) is 6.71. The number of nitrogen functional groups attached to an aromatic ring is 1. The monoisotopic (exact) mass is 480 g/mol. The van der Waals surface area contributed by atoms with E-state index in [4.69, 9.17) is 28.2 Å². The lowest BCUT2D eigenvalue weighted by Crippen LogP contribution is -2.30. The van der Waals surface area contributed by atoms with E-state index < -0.39 is 25.9 Å². The van der Waals surface area contributed by atoms with E-state index in [1.54, 1.807) is 18.2 Å². The van der Waals surface area contributed by atoms with E-state index in [0.29, 0.717) is 22.2 Å². The highest BCUT2D eigenvalue weighted by molar-refractivity contribution is 7.90. The summed E-state index contributed by atoms with van der Waals surface area (Å²) in [5.41, 5.74) is 22.2. The van der Waals surface area contributed by atoms with Gasteiger partial charge in [0.2, 0.25) is 10.0 Å². The van der Waals surface area contributed by atoms with Crippen LogP contribution in [0.2, 0.25) is 0 Å². The zero-order valence-corrected chi connectivity index (χ0v) is 18.7. The maximum atomic E-state index is 12.8. The number of fused-ring (bicyclic) bond motifs is 1. The molecule has 172 valence electrons. The minimum absolute atomic E-state index is 0.0795. The van der Waals surface area contributed by atoms with Crippen molar-refractivity contribution in [2.24, 2.45) is 27.6 Å². The molecule has 0 saturated carbocycles. The topological polar surface area (TPSA) is 246 Å². The molecule has 1 atom stereocenters. The van der Waals surface area contributed by atoms with Crippen molar-refractivity contribution in [2.45, 2.75) is 16.7 Å². The van der Waals surface area contributed by atoms with Gasteiger partial charge in [-0.25, -0.2) is 38.8 Å². The first-order valence-corrected chi connectivity index (χ1v) is 11.9. The van der Waals surface area contributed by atoms with Crippen LogP contribution in [0.4, 0.5) is 5.95 Å². The Balaban J connectivity index is 2.45. The second kappa shape index (κ2) is 9.19. The van der Waals surface area contributed by atoms with Gasteiger partial charge in [0.25, 0.3) is 0 Å². The van der Waals surface area contributed by atoms with E-state index >= 15 is 0 Å². The highest BCUT2D eigenvalue weighted by Crippen LogP contribution is 2.36. The first-order valence-electron chi connectivity index (χ1n) is 9.19. The van der Waals surface area contributed by atoms with Crippen molar-refractivity contribution in [1.82, 2.24) is 20.2 Å². The molecule has 1 heterocycles. The summed E-state index contributed by atoms with van der Waals surface area (Å²) in [6.45, 7) is 2.21. The Bertz CT molecular complexity index is 1330. The van der Waals surface area contributed by atoms with Gasteiger partial charge in [-0.05, 0) is 24.1 Å². The number of anilines is 1. The molecule has 3 aromatic rings. The van der Waals surface area contributed by atoms with E-state index in [2.05, 4.69) is 19.8 Å². The first kappa shape index (κ1) is 23.6. The molecule has 13 N–H and O–H groups in total. The van der Waals surface area contributed by atoms with Crippen molar-refractivity contribution >= 4 is 43.8 Å². The van der Waals surface area contributed by atoms with Gasteiger partial charge in [-0.3, -0.25) is 0 Å². The van der Waals surface area contributed by atoms with Crippen LogP contribution in [0.5, 0.6) is 0 Å². The highest BCUT2D eigenvalue weighted by atomic mass is 32.2. The number of nitrogens with two attached hydrogens (primary N) is 5. The number of aryl methyl sites for hydroxylation is 1. The summed E-state index contributed by atoms with van der Waals surface area (Å²) >= 11 is 0. The number of primary sulfonamides is 1. The van der Waals surface area contributed by atoms with Gasteiger partial charge in [-0.15, -0.1) is 5.10 Å². The number of aromatic nitrogens is 2. The number of nitrogens with zero attached hydrogens (tertiary/aromatic N) is 2. The quantitative estimate of drug-likeness (QED) is 0.0800. The molecule has 0 spiro atoms. The lowest BCUT2D eigenvalue weighted by molar-refractivity contribution is 0.594. The number of hydrogen-bond acceptors (Lipinski definition) is 9. The largest absolute Gasteiger partial charge is 0.382 e. The van der Waals surface area contributed by atoms with Gasteiger partial charge in [0, 0.05) is 24.2 Å². The third-order valence-electron chi connectivity index (χ3n) is 4.58. The van der Waals surface area contributed by atoms with Crippen LogP contribution in [0.25, 0.3) is 22.2 Å². The van der Waals surface area contributed by atoms with Gasteiger partial charge in [0.05, 0.1) is 15.9 Å². The molecule has 32 heavy (non-hydrogen) atoms. The minimum Gasteiger partial charge on any atom is -0.382 e. The third kappa shape index (κ3) is 4.43. The van der Waals surface area contributed by atoms with Crippen molar-refractivity contribution in [3.8, 4) is 11.1 Å². The Morgan fingerprint density at radius 2 is 1.94 bits per heavy atom. The van der Waals surface area contributed by atoms with Crippen LogP contribution < -0.4 is 38.4 Å². The second-order valence-corrected chi connectivity index (χ2v) is 9.48. The van der Waals surface area contributed by atoms with Gasteiger partial charge in [0.1, 0.15) is 15.9 Å². The molecule has 2 aromatic carbocycles. The predicted octanol–water partition coefficient (Wildman–Crippen LogP) is -1.58. The summed E-state index contributed by atoms with van der Waals surface area (Å²) in [4.78, 5) is 6.67. The van der Waals surface area contributed by atoms with Crippen LogP contribution in [0, 0.1) is 6.92 Å². The van der Waals surface area contributed by atoms with Crippen molar-refractivity contribution < 1.29 is 12.6 Å². The average molecular weight is 481 g/mol. The number of aromatic amines is 1. The molecule has 0 aliphatic rings. The summed E-state index contributed by atoms with van der Waals surface area (Å²) in [5.74, 6) is 5.17. The first-order chi connectivity index (χ1) is 15.1. The lowest BCUT2D eigenvalue weighted by Gasteiger charge is -2.18. The number of hydrogen-bond donors (Lipinski definition) is 8. The fourth-order valence-electron chi connectivity index (χ4n) is 3.29. The SMILES string of the molecule is Cc1ccc(-c2ccc(S(=O)NCCN)c(S(N)(=O)=O)c2/C(N)=N/NN)c2[nH]c(N)nc12. The molecule has 0 radical (unpaired) electrons. The van der Waals surface area contributed by atoms with Gasteiger partial charge in [-0.2, -0.15) is 0 Å². The summed E-state index contributed by atoms with van der Waals surface area (Å²) in [6.07, 6.45) is 0. The standard InChI is InChI=1S/C17H24N10O3S2/c1-8-2-3-10(14-13(8)24-17(20)25-14)9-4-5-11(31(28)23-7-6-18)15(32(22,29)30)12(9)16(19)26-27-21/h2-5,23,27H,6-7,18,21H2,1H3,(H2,19,26)(H3,20,24,25)(H2,22,29,30). The van der Waals surface area contributed by atoms with E-state index in [9.17, 15) is 12.6 Å². The van der Waals surface area contributed by atoms with Gasteiger partial charge < -0.3 is 22.2 Å². The number of hydrazone groups is 1. The Morgan fingerprint density at radius 3 is 2.56 bits per heavy atom. The molecule has 13 nitrogen and oxygen atoms in total. The number of imidazole rings is 1. The smallest absolute Gasteiger partial charge is 0.240 e. The molecular formula is C17H24N10O3S2. The van der Waals surface area contributed by atoms with Crippen molar-refractivity contribution in [3.63, 3.8) is 0 Å². The van der Waals surface area contributed by atoms with E-state index in [-0.39, 0.29) is 35.3 Å². The lowest BCUT2D eigenvalue weighted by atomic mass is 9.96. The van der Waals surface area contributed by atoms with Crippen molar-refractivity contribution in [3.05, 3.63) is 35.4 Å². The Morgan fingerprint density at radius 1 is 1.25 bits per heavy atom. The van der Waals surface area contributed by atoms with Crippen LogP contribution in [0.15, 0.2) is 39.2 Å². The molecule has 15 heteroatoms. The third-order valence-corrected chi connectivity index (χ3v) is 6.91. The number of sulfonamides is 1. The number of hydrazine groups is 1. The summed E-state index contributed by atoms with van der Waals surface area (Å²) in [5, 5.41) is 9.26. The van der Waals surface area contributed by atoms with Gasteiger partial charge >= 0.3 is 0 Å². The Labute approximate surface area is 186 Å². The fraction of sp³-hybridized carbons (Fsp3) is 0.176. The summed E-state index contributed by atoms with van der Waals surface area (Å²) in [7, 11) is -6.38. The molecule has 3 rings (SSSR count). The normalized spacial score (nSPS) is 13.4. The number of benzene rings is 2. The zero-order valence-electron chi connectivity index (χ0n) is 17.0. The molecular weight excluding hydrogens is 456 g/mol. The van der Waals surface area contributed by atoms with Gasteiger partial charge in [-0.1, -0.05) is 18.2 Å².